The third-order valence-electron chi connectivity index (χ3n) is 3.85. The number of hydrogen-bond acceptors (Lipinski definition) is 4. The Labute approximate surface area is 124 Å². The molecule has 1 aliphatic heterocycles. The highest BCUT2D eigenvalue weighted by atomic mass is 16.4. The van der Waals surface area contributed by atoms with Gasteiger partial charge in [0.25, 0.3) is 0 Å². The fraction of sp³-hybridized carbons (Fsp3) is 0.286. The maximum atomic E-state index is 12.5. The van der Waals surface area contributed by atoms with Crippen molar-refractivity contribution in [3.63, 3.8) is 0 Å². The molecule has 1 aromatic heterocycles. The van der Waals surface area contributed by atoms with Crippen LogP contribution in [0, 0.1) is 0 Å². The second-order valence-corrected chi connectivity index (χ2v) is 5.16. The predicted octanol–water partition coefficient (Wildman–Crippen LogP) is 0.0159. The highest BCUT2D eigenvalue weighted by Gasteiger charge is 2.31. The molecule has 1 aliphatic rings. The number of nitrogens with zero attached hydrogens (tertiary/aromatic N) is 2. The molecule has 1 fully saturated rings. The Kier molecular flexibility index (Phi) is 3.09. The summed E-state index contributed by atoms with van der Waals surface area (Å²) in [7, 11) is 1.46. The van der Waals surface area contributed by atoms with Gasteiger partial charge in [-0.2, -0.15) is 0 Å². The number of imidazole rings is 1. The zero-order valence-corrected chi connectivity index (χ0v) is 11.7. The summed E-state index contributed by atoms with van der Waals surface area (Å²) in [6, 6.07) is 3.69. The van der Waals surface area contributed by atoms with Crippen molar-refractivity contribution in [3.05, 3.63) is 34.2 Å². The van der Waals surface area contributed by atoms with Crippen LogP contribution in [0.2, 0.25) is 0 Å². The Morgan fingerprint density at radius 2 is 2.05 bits per heavy atom. The van der Waals surface area contributed by atoms with Crippen LogP contribution in [-0.4, -0.2) is 32.0 Å². The van der Waals surface area contributed by atoms with Gasteiger partial charge in [0.15, 0.2) is 0 Å². The van der Waals surface area contributed by atoms with Crippen LogP contribution in [0.3, 0.4) is 0 Å². The molecule has 1 saturated heterocycles. The minimum Gasteiger partial charge on any atom is -0.478 e. The normalized spacial score (nSPS) is 18.5. The molecular formula is C14H13N3O5. The molecule has 2 aromatic rings. The monoisotopic (exact) mass is 303 g/mol. The summed E-state index contributed by atoms with van der Waals surface area (Å²) < 4.78 is 2.46. The maximum absolute atomic E-state index is 12.5. The first-order valence-electron chi connectivity index (χ1n) is 6.68. The third-order valence-corrected chi connectivity index (χ3v) is 3.85. The van der Waals surface area contributed by atoms with Gasteiger partial charge in [-0.1, -0.05) is 6.07 Å². The van der Waals surface area contributed by atoms with Gasteiger partial charge in [0.1, 0.15) is 6.04 Å². The van der Waals surface area contributed by atoms with E-state index in [0.29, 0.717) is 5.52 Å². The molecule has 1 atom stereocenters. The van der Waals surface area contributed by atoms with Crippen LogP contribution in [0.25, 0.3) is 11.0 Å². The number of rotatable bonds is 2. The van der Waals surface area contributed by atoms with Gasteiger partial charge in [-0.3, -0.25) is 24.0 Å². The van der Waals surface area contributed by atoms with E-state index in [9.17, 15) is 24.3 Å². The maximum Gasteiger partial charge on any atom is 0.337 e. The van der Waals surface area contributed by atoms with E-state index in [1.165, 1.54) is 28.3 Å². The van der Waals surface area contributed by atoms with Crippen molar-refractivity contribution < 1.29 is 19.5 Å². The molecule has 114 valence electrons. The lowest BCUT2D eigenvalue weighted by atomic mass is 10.1. The number of imide groups is 1. The number of carbonyl (C=O) groups is 3. The minimum absolute atomic E-state index is 0.0110. The zero-order valence-electron chi connectivity index (χ0n) is 11.7. The van der Waals surface area contributed by atoms with Crippen molar-refractivity contribution in [1.82, 2.24) is 14.5 Å². The van der Waals surface area contributed by atoms with Crippen LogP contribution in [0.15, 0.2) is 23.0 Å². The molecule has 1 aromatic carbocycles. The molecule has 2 N–H and O–H groups in total. The molecule has 22 heavy (non-hydrogen) atoms. The molecule has 0 spiro atoms. The number of benzene rings is 1. The van der Waals surface area contributed by atoms with Crippen LogP contribution in [0.5, 0.6) is 0 Å². The van der Waals surface area contributed by atoms with Crippen LogP contribution < -0.4 is 11.0 Å². The van der Waals surface area contributed by atoms with Crippen LogP contribution in [0.4, 0.5) is 0 Å². The van der Waals surface area contributed by atoms with Crippen molar-refractivity contribution in [2.75, 3.05) is 0 Å². The SMILES string of the molecule is Cn1c(=O)n(C2CCC(=O)NC2=O)c2cccc(C(=O)O)c21. The number of para-hydroxylation sites is 1. The summed E-state index contributed by atoms with van der Waals surface area (Å²) >= 11 is 0. The number of amides is 2. The molecule has 8 heteroatoms. The number of carbonyl (C=O) groups excluding carboxylic acids is 2. The molecule has 0 aliphatic carbocycles. The Balaban J connectivity index is 2.28. The number of piperidine rings is 1. The summed E-state index contributed by atoms with van der Waals surface area (Å²) in [4.78, 5) is 47.0. The number of fused-ring (bicyclic) bond motifs is 1. The van der Waals surface area contributed by atoms with E-state index in [0.717, 1.165) is 0 Å². The summed E-state index contributed by atoms with van der Waals surface area (Å²) in [5.41, 5.74) is 0.118. The molecule has 3 rings (SSSR count). The fourth-order valence-electron chi connectivity index (χ4n) is 2.84. The Morgan fingerprint density at radius 1 is 1.32 bits per heavy atom. The van der Waals surface area contributed by atoms with E-state index < -0.39 is 23.6 Å². The molecule has 0 radical (unpaired) electrons. The third kappa shape index (κ3) is 1.92. The van der Waals surface area contributed by atoms with Crippen LogP contribution >= 0.6 is 0 Å². The molecule has 2 heterocycles. The average Bonchev–Trinajstić information content (AvgIpc) is 2.72. The van der Waals surface area contributed by atoms with Gasteiger partial charge < -0.3 is 5.11 Å². The summed E-state index contributed by atoms with van der Waals surface area (Å²) in [6.07, 6.45) is 0.346. The van der Waals surface area contributed by atoms with Crippen LogP contribution in [0.1, 0.15) is 29.2 Å². The lowest BCUT2D eigenvalue weighted by molar-refractivity contribution is -0.135. The van der Waals surface area contributed by atoms with Crippen molar-refractivity contribution in [3.8, 4) is 0 Å². The fourth-order valence-corrected chi connectivity index (χ4v) is 2.84. The Morgan fingerprint density at radius 3 is 2.68 bits per heavy atom. The molecule has 8 nitrogen and oxygen atoms in total. The zero-order chi connectivity index (χ0) is 16.0. The molecule has 2 amide bonds. The topological polar surface area (TPSA) is 110 Å². The Hall–Kier alpha value is -2.90. The van der Waals surface area contributed by atoms with Gasteiger partial charge in [0, 0.05) is 13.5 Å². The van der Waals surface area contributed by atoms with Gasteiger partial charge >= 0.3 is 11.7 Å². The molecule has 0 saturated carbocycles. The highest BCUT2D eigenvalue weighted by Crippen LogP contribution is 2.24. The van der Waals surface area contributed by atoms with E-state index in [-0.39, 0.29) is 29.8 Å². The quantitative estimate of drug-likeness (QED) is 0.760. The number of aromatic nitrogens is 2. The molecular weight excluding hydrogens is 290 g/mol. The lowest BCUT2D eigenvalue weighted by Gasteiger charge is -2.21. The first kappa shape index (κ1) is 14.1. The first-order valence-corrected chi connectivity index (χ1v) is 6.68. The number of aromatic carboxylic acids is 1. The summed E-state index contributed by atoms with van der Waals surface area (Å²) in [5, 5.41) is 11.5. The van der Waals surface area contributed by atoms with Crippen molar-refractivity contribution in [2.24, 2.45) is 7.05 Å². The Bertz CT molecular complexity index is 876. The van der Waals surface area contributed by atoms with Gasteiger partial charge in [-0.25, -0.2) is 9.59 Å². The predicted molar refractivity (Wildman–Crippen MR) is 75.6 cm³/mol. The lowest BCUT2D eigenvalue weighted by Crippen LogP contribution is -2.44. The summed E-state index contributed by atoms with van der Waals surface area (Å²) in [5.74, 6) is -2.08. The van der Waals surface area contributed by atoms with Crippen molar-refractivity contribution in [1.29, 1.82) is 0 Å². The number of carboxylic acid groups (broad SMARTS) is 1. The molecule has 1 unspecified atom stereocenters. The minimum atomic E-state index is -1.15. The average molecular weight is 303 g/mol. The van der Waals surface area contributed by atoms with E-state index in [4.69, 9.17) is 0 Å². The second-order valence-electron chi connectivity index (χ2n) is 5.16. The van der Waals surface area contributed by atoms with E-state index in [2.05, 4.69) is 5.32 Å². The first-order chi connectivity index (χ1) is 10.4. The molecule has 0 bridgehead atoms. The largest absolute Gasteiger partial charge is 0.478 e. The van der Waals surface area contributed by atoms with Crippen molar-refractivity contribution in [2.45, 2.75) is 18.9 Å². The van der Waals surface area contributed by atoms with Crippen LogP contribution in [-0.2, 0) is 16.6 Å². The number of hydrogen-bond donors (Lipinski definition) is 2. The number of nitrogens with one attached hydrogen (secondary N) is 1. The van der Waals surface area contributed by atoms with Crippen molar-refractivity contribution >= 4 is 28.8 Å². The van der Waals surface area contributed by atoms with Gasteiger partial charge in [0.2, 0.25) is 11.8 Å². The van der Waals surface area contributed by atoms with Gasteiger partial charge in [-0.15, -0.1) is 0 Å². The van der Waals surface area contributed by atoms with E-state index in [1.54, 1.807) is 6.07 Å². The van der Waals surface area contributed by atoms with Gasteiger partial charge in [-0.05, 0) is 18.6 Å². The standard InChI is InChI=1S/C14H13N3O5/c1-16-11-7(13(20)21)3-2-4-8(11)17(14(16)22)9-5-6-10(18)15-12(9)19/h2-4,9H,5-6H2,1H3,(H,20,21)(H,15,18,19). The smallest absolute Gasteiger partial charge is 0.337 e. The van der Waals surface area contributed by atoms with Gasteiger partial charge in [0.05, 0.1) is 16.6 Å². The second kappa shape index (κ2) is 4.83. The highest BCUT2D eigenvalue weighted by molar-refractivity contribution is 6.03. The number of carboxylic acids is 1. The van der Waals surface area contributed by atoms with E-state index in [1.807, 2.05) is 0 Å². The summed E-state index contributed by atoms with van der Waals surface area (Å²) in [6.45, 7) is 0. The van der Waals surface area contributed by atoms with E-state index >= 15 is 0 Å². The number of aryl methyl sites for hydroxylation is 1.